The lowest BCUT2D eigenvalue weighted by atomic mass is 10.1. The van der Waals surface area contributed by atoms with E-state index in [-0.39, 0.29) is 5.91 Å². The predicted molar refractivity (Wildman–Crippen MR) is 119 cm³/mol. The molecule has 0 aliphatic carbocycles. The molecular weight excluding hydrogens is 429 g/mol. The summed E-state index contributed by atoms with van der Waals surface area (Å²) < 4.78 is 0. The van der Waals surface area contributed by atoms with E-state index in [0.29, 0.717) is 45.0 Å². The zero-order chi connectivity index (χ0) is 20.4. The maximum absolute atomic E-state index is 12.5. The number of halogens is 3. The van der Waals surface area contributed by atoms with E-state index in [1.807, 2.05) is 24.3 Å². The predicted octanol–water partition coefficient (Wildman–Crippen LogP) is 6.16. The maximum atomic E-state index is 12.5. The Hall–Kier alpha value is -2.53. The van der Waals surface area contributed by atoms with Gasteiger partial charge in [0.1, 0.15) is 5.82 Å². The van der Waals surface area contributed by atoms with E-state index in [9.17, 15) is 4.79 Å². The van der Waals surface area contributed by atoms with Gasteiger partial charge in [0.05, 0.1) is 26.6 Å². The molecule has 2 N–H and O–H groups in total. The molecule has 29 heavy (non-hydrogen) atoms. The number of hydrogen-bond acceptors (Lipinski definition) is 2. The Bertz CT molecular complexity index is 1180. The molecule has 4 aromatic rings. The van der Waals surface area contributed by atoms with Crippen molar-refractivity contribution in [2.24, 2.45) is 0 Å². The van der Waals surface area contributed by atoms with Crippen LogP contribution in [0.4, 0.5) is 0 Å². The van der Waals surface area contributed by atoms with Gasteiger partial charge in [-0.05, 0) is 54.4 Å². The van der Waals surface area contributed by atoms with E-state index in [1.165, 1.54) is 0 Å². The second kappa shape index (κ2) is 8.46. The van der Waals surface area contributed by atoms with Gasteiger partial charge in [0.25, 0.3) is 5.91 Å². The molecule has 1 heterocycles. The number of carbonyl (C=O) groups is 1. The van der Waals surface area contributed by atoms with Crippen molar-refractivity contribution < 1.29 is 4.79 Å². The largest absolute Gasteiger partial charge is 0.352 e. The Labute approximate surface area is 182 Å². The van der Waals surface area contributed by atoms with E-state index >= 15 is 0 Å². The Morgan fingerprint density at radius 1 is 0.966 bits per heavy atom. The number of rotatable bonds is 5. The SMILES string of the molecule is O=C(NCCc1cccc(Cl)c1)c1ccc2nc(-c3c(Cl)cccc3Cl)[nH]c2c1. The lowest BCUT2D eigenvalue weighted by Gasteiger charge is -2.06. The summed E-state index contributed by atoms with van der Waals surface area (Å²) >= 11 is 18.5. The fourth-order valence-corrected chi connectivity index (χ4v) is 3.90. The number of imidazole rings is 1. The molecule has 1 amide bonds. The van der Waals surface area contributed by atoms with Crippen LogP contribution < -0.4 is 5.32 Å². The highest BCUT2D eigenvalue weighted by Crippen LogP contribution is 2.33. The van der Waals surface area contributed by atoms with Gasteiger partial charge in [0.15, 0.2) is 0 Å². The summed E-state index contributed by atoms with van der Waals surface area (Å²) in [7, 11) is 0. The molecule has 1 aromatic heterocycles. The minimum absolute atomic E-state index is 0.152. The molecule has 0 fully saturated rings. The van der Waals surface area contributed by atoms with E-state index in [1.54, 1.807) is 36.4 Å². The number of fused-ring (bicyclic) bond motifs is 1. The quantitative estimate of drug-likeness (QED) is 0.387. The first-order valence-electron chi connectivity index (χ1n) is 8.98. The number of benzene rings is 3. The summed E-state index contributed by atoms with van der Waals surface area (Å²) in [6.45, 7) is 0.515. The number of aromatic amines is 1. The summed E-state index contributed by atoms with van der Waals surface area (Å²) in [5, 5.41) is 4.64. The van der Waals surface area contributed by atoms with E-state index in [4.69, 9.17) is 34.8 Å². The van der Waals surface area contributed by atoms with Crippen molar-refractivity contribution in [3.63, 3.8) is 0 Å². The van der Waals surface area contributed by atoms with Crippen molar-refractivity contribution in [2.45, 2.75) is 6.42 Å². The average molecular weight is 445 g/mol. The Kier molecular flexibility index (Phi) is 5.76. The summed E-state index contributed by atoms with van der Waals surface area (Å²) in [6, 6.07) is 18.2. The van der Waals surface area contributed by atoms with E-state index < -0.39 is 0 Å². The number of carbonyl (C=O) groups excluding carboxylic acids is 1. The molecule has 0 radical (unpaired) electrons. The lowest BCUT2D eigenvalue weighted by Crippen LogP contribution is -2.25. The van der Waals surface area contributed by atoms with Crippen LogP contribution in [-0.2, 0) is 6.42 Å². The zero-order valence-electron chi connectivity index (χ0n) is 15.2. The molecule has 4 rings (SSSR count). The van der Waals surface area contributed by atoms with Crippen molar-refractivity contribution in [3.05, 3.63) is 86.9 Å². The summed E-state index contributed by atoms with van der Waals surface area (Å²) in [4.78, 5) is 20.3. The molecule has 0 aliphatic heterocycles. The molecule has 4 nitrogen and oxygen atoms in total. The van der Waals surface area contributed by atoms with Crippen molar-refractivity contribution in [1.82, 2.24) is 15.3 Å². The van der Waals surface area contributed by atoms with Gasteiger partial charge >= 0.3 is 0 Å². The van der Waals surface area contributed by atoms with Gasteiger partial charge in [-0.25, -0.2) is 4.98 Å². The molecule has 0 unspecified atom stereocenters. The topological polar surface area (TPSA) is 57.8 Å². The van der Waals surface area contributed by atoms with Gasteiger partial charge in [0.2, 0.25) is 0 Å². The number of aromatic nitrogens is 2. The van der Waals surface area contributed by atoms with Crippen LogP contribution in [0.3, 0.4) is 0 Å². The van der Waals surface area contributed by atoms with E-state index in [0.717, 1.165) is 16.6 Å². The first kappa shape index (κ1) is 19.8. The van der Waals surface area contributed by atoms with Crippen molar-refractivity contribution in [2.75, 3.05) is 6.54 Å². The number of amides is 1. The fourth-order valence-electron chi connectivity index (χ4n) is 3.11. The van der Waals surface area contributed by atoms with Gasteiger partial charge in [-0.3, -0.25) is 4.79 Å². The monoisotopic (exact) mass is 443 g/mol. The van der Waals surface area contributed by atoms with Crippen LogP contribution in [0, 0.1) is 0 Å². The van der Waals surface area contributed by atoms with Gasteiger partial charge in [-0.15, -0.1) is 0 Å². The molecule has 0 saturated heterocycles. The molecule has 146 valence electrons. The van der Waals surface area contributed by atoms with Gasteiger partial charge in [-0.1, -0.05) is 53.0 Å². The molecule has 0 aliphatic rings. The fraction of sp³-hybridized carbons (Fsp3) is 0.0909. The number of nitrogens with zero attached hydrogens (tertiary/aromatic N) is 1. The maximum Gasteiger partial charge on any atom is 0.251 e. The Balaban J connectivity index is 1.50. The first-order chi connectivity index (χ1) is 14.0. The van der Waals surface area contributed by atoms with Crippen molar-refractivity contribution in [1.29, 1.82) is 0 Å². The molecule has 0 spiro atoms. The highest BCUT2D eigenvalue weighted by Gasteiger charge is 2.14. The second-order valence-electron chi connectivity index (χ2n) is 6.55. The highest BCUT2D eigenvalue weighted by atomic mass is 35.5. The zero-order valence-corrected chi connectivity index (χ0v) is 17.4. The van der Waals surface area contributed by atoms with Gasteiger partial charge in [-0.2, -0.15) is 0 Å². The van der Waals surface area contributed by atoms with Gasteiger partial charge in [0, 0.05) is 17.1 Å². The average Bonchev–Trinajstić information content (AvgIpc) is 3.10. The summed E-state index contributed by atoms with van der Waals surface area (Å²) in [5.74, 6) is 0.412. The molecule has 0 atom stereocenters. The molecule has 3 aromatic carbocycles. The lowest BCUT2D eigenvalue weighted by molar-refractivity contribution is 0.0954. The van der Waals surface area contributed by atoms with Crippen LogP contribution in [-0.4, -0.2) is 22.4 Å². The standard InChI is InChI=1S/C22H16Cl3N3O/c23-15-4-1-3-13(11-15)9-10-26-22(29)14-7-8-18-19(12-14)28-21(27-18)20-16(24)5-2-6-17(20)25/h1-8,11-12H,9-10H2,(H,26,29)(H,27,28). The van der Waals surface area contributed by atoms with Crippen LogP contribution in [0.1, 0.15) is 15.9 Å². The number of hydrogen-bond donors (Lipinski definition) is 2. The number of H-pyrrole nitrogens is 1. The smallest absolute Gasteiger partial charge is 0.251 e. The van der Waals surface area contributed by atoms with Crippen molar-refractivity contribution >= 4 is 51.7 Å². The molecule has 7 heteroatoms. The molecule has 0 bridgehead atoms. The summed E-state index contributed by atoms with van der Waals surface area (Å²) in [5.41, 5.74) is 3.72. The normalized spacial score (nSPS) is 11.0. The third-order valence-corrected chi connectivity index (χ3v) is 5.40. The third-order valence-electron chi connectivity index (χ3n) is 4.53. The highest BCUT2D eigenvalue weighted by molar-refractivity contribution is 6.39. The van der Waals surface area contributed by atoms with E-state index in [2.05, 4.69) is 15.3 Å². The number of nitrogens with one attached hydrogen (secondary N) is 2. The van der Waals surface area contributed by atoms with Crippen LogP contribution in [0.2, 0.25) is 15.1 Å². The van der Waals surface area contributed by atoms with Crippen LogP contribution in [0.5, 0.6) is 0 Å². The van der Waals surface area contributed by atoms with Crippen LogP contribution in [0.25, 0.3) is 22.4 Å². The first-order valence-corrected chi connectivity index (χ1v) is 10.1. The molecule has 0 saturated carbocycles. The minimum Gasteiger partial charge on any atom is -0.352 e. The molecular formula is C22H16Cl3N3O. The van der Waals surface area contributed by atoms with Crippen LogP contribution >= 0.6 is 34.8 Å². The Morgan fingerprint density at radius 2 is 1.72 bits per heavy atom. The van der Waals surface area contributed by atoms with Gasteiger partial charge < -0.3 is 10.3 Å². The second-order valence-corrected chi connectivity index (χ2v) is 7.80. The third kappa shape index (κ3) is 4.40. The minimum atomic E-state index is -0.152. The Morgan fingerprint density at radius 3 is 2.48 bits per heavy atom. The van der Waals surface area contributed by atoms with Crippen molar-refractivity contribution in [3.8, 4) is 11.4 Å². The van der Waals surface area contributed by atoms with Crippen LogP contribution in [0.15, 0.2) is 60.7 Å². The summed E-state index contributed by atoms with van der Waals surface area (Å²) in [6.07, 6.45) is 0.702.